The van der Waals surface area contributed by atoms with Gasteiger partial charge in [-0.05, 0) is 25.8 Å². The number of hydrogen-bond acceptors (Lipinski definition) is 4. The van der Waals surface area contributed by atoms with Crippen molar-refractivity contribution in [3.63, 3.8) is 0 Å². The predicted octanol–water partition coefficient (Wildman–Crippen LogP) is 2.57. The molecule has 0 unspecified atom stereocenters. The fourth-order valence-corrected chi connectivity index (χ4v) is 2.03. The van der Waals surface area contributed by atoms with Crippen molar-refractivity contribution in [2.45, 2.75) is 33.6 Å². The van der Waals surface area contributed by atoms with E-state index in [1.807, 2.05) is 13.1 Å². The van der Waals surface area contributed by atoms with Crippen LogP contribution >= 0.6 is 0 Å². The summed E-state index contributed by atoms with van der Waals surface area (Å²) in [5.41, 5.74) is 3.17. The van der Waals surface area contributed by atoms with Gasteiger partial charge in [0.25, 0.3) is 0 Å². The van der Waals surface area contributed by atoms with Crippen LogP contribution in [-0.4, -0.2) is 26.3 Å². The molecular formula is C14H21N5. The van der Waals surface area contributed by atoms with Gasteiger partial charge in [0.15, 0.2) is 5.82 Å². The Morgan fingerprint density at radius 1 is 1.26 bits per heavy atom. The molecule has 0 radical (unpaired) electrons. The van der Waals surface area contributed by atoms with E-state index in [0.717, 1.165) is 48.0 Å². The van der Waals surface area contributed by atoms with Gasteiger partial charge in [-0.25, -0.2) is 9.97 Å². The lowest BCUT2D eigenvalue weighted by Gasteiger charge is -2.13. The minimum Gasteiger partial charge on any atom is -0.370 e. The average molecular weight is 259 g/mol. The number of nitrogens with zero attached hydrogens (tertiary/aromatic N) is 4. The van der Waals surface area contributed by atoms with Crippen LogP contribution in [0.1, 0.15) is 31.5 Å². The lowest BCUT2D eigenvalue weighted by molar-refractivity contribution is 0.768. The molecule has 2 heterocycles. The van der Waals surface area contributed by atoms with Crippen LogP contribution in [0.3, 0.4) is 0 Å². The van der Waals surface area contributed by atoms with E-state index in [2.05, 4.69) is 41.2 Å². The highest BCUT2D eigenvalue weighted by Gasteiger charge is 2.12. The molecule has 0 spiro atoms. The summed E-state index contributed by atoms with van der Waals surface area (Å²) in [6, 6.07) is 1.94. The molecule has 5 nitrogen and oxygen atoms in total. The molecule has 0 aliphatic carbocycles. The number of aromatic nitrogens is 4. The van der Waals surface area contributed by atoms with Crippen molar-refractivity contribution in [2.75, 3.05) is 11.9 Å². The summed E-state index contributed by atoms with van der Waals surface area (Å²) >= 11 is 0. The van der Waals surface area contributed by atoms with Crippen LogP contribution < -0.4 is 5.32 Å². The Balaban J connectivity index is 2.47. The highest BCUT2D eigenvalue weighted by Crippen LogP contribution is 2.21. The van der Waals surface area contributed by atoms with Crippen LogP contribution in [-0.2, 0) is 13.5 Å². The van der Waals surface area contributed by atoms with E-state index >= 15 is 0 Å². The molecule has 2 aromatic rings. The van der Waals surface area contributed by atoms with Gasteiger partial charge in [0.2, 0.25) is 0 Å². The summed E-state index contributed by atoms with van der Waals surface area (Å²) in [6.45, 7) is 7.26. The van der Waals surface area contributed by atoms with Gasteiger partial charge in [-0.15, -0.1) is 0 Å². The van der Waals surface area contributed by atoms with Crippen LogP contribution in [0.2, 0.25) is 0 Å². The standard InChI is InChI=1S/C14H21N5/c1-5-8-15-13-10(3)11(6-2)17-14(18-13)12-7-9-16-19(12)4/h7,9H,5-6,8H2,1-4H3,(H,15,17,18). The first-order chi connectivity index (χ1) is 9.17. The summed E-state index contributed by atoms with van der Waals surface area (Å²) in [5, 5.41) is 7.56. The first-order valence-electron chi connectivity index (χ1n) is 6.77. The summed E-state index contributed by atoms with van der Waals surface area (Å²) in [6.07, 6.45) is 3.75. The largest absolute Gasteiger partial charge is 0.370 e. The van der Waals surface area contributed by atoms with Gasteiger partial charge in [-0.1, -0.05) is 13.8 Å². The Hall–Kier alpha value is -1.91. The minimum atomic E-state index is 0.737. The highest BCUT2D eigenvalue weighted by atomic mass is 15.3. The third-order valence-electron chi connectivity index (χ3n) is 3.17. The Morgan fingerprint density at radius 2 is 2.05 bits per heavy atom. The Labute approximate surface area is 114 Å². The lowest BCUT2D eigenvalue weighted by atomic mass is 10.2. The Kier molecular flexibility index (Phi) is 4.14. The van der Waals surface area contributed by atoms with Crippen molar-refractivity contribution in [3.05, 3.63) is 23.5 Å². The first kappa shape index (κ1) is 13.5. The molecule has 1 N–H and O–H groups in total. The van der Waals surface area contributed by atoms with Crippen molar-refractivity contribution in [3.8, 4) is 11.5 Å². The van der Waals surface area contributed by atoms with E-state index in [-0.39, 0.29) is 0 Å². The monoisotopic (exact) mass is 259 g/mol. The van der Waals surface area contributed by atoms with Crippen LogP contribution in [0.5, 0.6) is 0 Å². The molecule has 2 aromatic heterocycles. The summed E-state index contributed by atoms with van der Waals surface area (Å²) in [7, 11) is 1.91. The van der Waals surface area contributed by atoms with E-state index in [0.29, 0.717) is 0 Å². The summed E-state index contributed by atoms with van der Waals surface area (Å²) in [5.74, 6) is 1.67. The van der Waals surface area contributed by atoms with E-state index in [1.54, 1.807) is 10.9 Å². The number of nitrogens with one attached hydrogen (secondary N) is 1. The SMILES string of the molecule is CCCNc1nc(-c2ccnn2C)nc(CC)c1C. The molecule has 0 amide bonds. The lowest BCUT2D eigenvalue weighted by Crippen LogP contribution is -2.09. The van der Waals surface area contributed by atoms with E-state index < -0.39 is 0 Å². The zero-order valence-electron chi connectivity index (χ0n) is 12.1. The zero-order chi connectivity index (χ0) is 13.8. The molecule has 19 heavy (non-hydrogen) atoms. The van der Waals surface area contributed by atoms with Crippen LogP contribution in [0, 0.1) is 6.92 Å². The first-order valence-corrected chi connectivity index (χ1v) is 6.77. The fourth-order valence-electron chi connectivity index (χ4n) is 2.03. The second-order valence-electron chi connectivity index (χ2n) is 4.59. The fraction of sp³-hybridized carbons (Fsp3) is 0.500. The number of aryl methyl sites for hydroxylation is 2. The molecule has 0 fully saturated rings. The molecule has 0 saturated carbocycles. The molecule has 0 aliphatic rings. The van der Waals surface area contributed by atoms with Gasteiger partial charge in [0.1, 0.15) is 11.5 Å². The summed E-state index contributed by atoms with van der Waals surface area (Å²) in [4.78, 5) is 9.29. The number of rotatable bonds is 5. The molecule has 102 valence electrons. The average Bonchev–Trinajstić information content (AvgIpc) is 2.84. The third-order valence-corrected chi connectivity index (χ3v) is 3.17. The van der Waals surface area contributed by atoms with Gasteiger partial charge in [-0.3, -0.25) is 4.68 Å². The quantitative estimate of drug-likeness (QED) is 0.896. The number of hydrogen-bond donors (Lipinski definition) is 1. The van der Waals surface area contributed by atoms with Crippen molar-refractivity contribution in [1.29, 1.82) is 0 Å². The second-order valence-corrected chi connectivity index (χ2v) is 4.59. The van der Waals surface area contributed by atoms with E-state index in [9.17, 15) is 0 Å². The van der Waals surface area contributed by atoms with Crippen molar-refractivity contribution >= 4 is 5.82 Å². The molecule has 0 aliphatic heterocycles. The normalized spacial score (nSPS) is 10.7. The topological polar surface area (TPSA) is 55.6 Å². The molecule has 0 aromatic carbocycles. The summed E-state index contributed by atoms with van der Waals surface area (Å²) < 4.78 is 1.80. The maximum absolute atomic E-state index is 4.65. The zero-order valence-corrected chi connectivity index (χ0v) is 12.1. The third kappa shape index (κ3) is 2.75. The minimum absolute atomic E-state index is 0.737. The van der Waals surface area contributed by atoms with Gasteiger partial charge in [-0.2, -0.15) is 5.10 Å². The molecule has 0 atom stereocenters. The van der Waals surface area contributed by atoms with Crippen LogP contribution in [0.4, 0.5) is 5.82 Å². The predicted molar refractivity (Wildman–Crippen MR) is 77.1 cm³/mol. The maximum atomic E-state index is 4.65. The molecule has 0 saturated heterocycles. The van der Waals surface area contributed by atoms with Gasteiger partial charge in [0, 0.05) is 31.0 Å². The van der Waals surface area contributed by atoms with Crippen LogP contribution in [0.15, 0.2) is 12.3 Å². The van der Waals surface area contributed by atoms with Gasteiger partial charge < -0.3 is 5.32 Å². The van der Waals surface area contributed by atoms with Crippen molar-refractivity contribution < 1.29 is 0 Å². The van der Waals surface area contributed by atoms with Gasteiger partial charge in [0.05, 0.1) is 0 Å². The Bertz CT molecular complexity index is 559. The van der Waals surface area contributed by atoms with Crippen molar-refractivity contribution in [2.24, 2.45) is 7.05 Å². The number of anilines is 1. The molecular weight excluding hydrogens is 238 g/mol. The van der Waals surface area contributed by atoms with E-state index in [4.69, 9.17) is 0 Å². The smallest absolute Gasteiger partial charge is 0.180 e. The molecule has 0 bridgehead atoms. The second kappa shape index (κ2) is 5.82. The molecule has 2 rings (SSSR count). The highest BCUT2D eigenvalue weighted by molar-refractivity contribution is 5.56. The van der Waals surface area contributed by atoms with Crippen LogP contribution in [0.25, 0.3) is 11.5 Å². The maximum Gasteiger partial charge on any atom is 0.180 e. The van der Waals surface area contributed by atoms with Gasteiger partial charge >= 0.3 is 0 Å². The van der Waals surface area contributed by atoms with Crippen molar-refractivity contribution in [1.82, 2.24) is 19.7 Å². The Morgan fingerprint density at radius 3 is 2.63 bits per heavy atom. The molecule has 5 heteroatoms. The van der Waals surface area contributed by atoms with E-state index in [1.165, 1.54) is 0 Å².